The minimum absolute atomic E-state index is 0.0886. The van der Waals surface area contributed by atoms with E-state index >= 15 is 0 Å². The first-order chi connectivity index (χ1) is 9.72. The largest absolute Gasteiger partial charge is 0.339 e. The summed E-state index contributed by atoms with van der Waals surface area (Å²) in [6, 6.07) is 1.85. The van der Waals surface area contributed by atoms with E-state index in [0.717, 1.165) is 5.52 Å². The first-order valence-corrected chi connectivity index (χ1v) is 7.06. The number of nitrogens with zero attached hydrogens (tertiary/aromatic N) is 3. The molecule has 0 aromatic carbocycles. The Morgan fingerprint density at radius 2 is 2.35 bits per heavy atom. The van der Waals surface area contributed by atoms with Crippen molar-refractivity contribution in [3.05, 3.63) is 39.3 Å². The number of fused-ring (bicyclic) bond motifs is 1. The highest BCUT2D eigenvalue weighted by molar-refractivity contribution is 7.17. The SMILES string of the molecule is Cc1noc(CCNCc2nc3ccsc3c(=O)[nH]2)n1. The van der Waals surface area contributed by atoms with Gasteiger partial charge in [0.2, 0.25) is 5.89 Å². The molecule has 3 heterocycles. The number of thiophene rings is 1. The summed E-state index contributed by atoms with van der Waals surface area (Å²) in [7, 11) is 0. The molecule has 0 spiro atoms. The molecule has 0 saturated carbocycles. The van der Waals surface area contributed by atoms with Crippen molar-refractivity contribution in [1.82, 2.24) is 25.4 Å². The molecular weight excluding hydrogens is 278 g/mol. The number of aryl methyl sites for hydroxylation is 1. The normalized spacial score (nSPS) is 11.2. The number of aromatic nitrogens is 4. The maximum atomic E-state index is 11.8. The number of rotatable bonds is 5. The fraction of sp³-hybridized carbons (Fsp3) is 0.333. The molecular formula is C12H13N5O2S. The zero-order valence-corrected chi connectivity index (χ0v) is 11.7. The predicted molar refractivity (Wildman–Crippen MR) is 74.7 cm³/mol. The summed E-state index contributed by atoms with van der Waals surface area (Å²) >= 11 is 1.40. The van der Waals surface area contributed by atoms with E-state index in [4.69, 9.17) is 4.52 Å². The van der Waals surface area contributed by atoms with Crippen LogP contribution < -0.4 is 10.9 Å². The maximum Gasteiger partial charge on any atom is 0.268 e. The van der Waals surface area contributed by atoms with Crippen molar-refractivity contribution in [3.8, 4) is 0 Å². The monoisotopic (exact) mass is 291 g/mol. The number of nitrogens with one attached hydrogen (secondary N) is 2. The molecule has 8 heteroatoms. The molecule has 0 bridgehead atoms. The van der Waals surface area contributed by atoms with E-state index in [1.54, 1.807) is 6.92 Å². The highest BCUT2D eigenvalue weighted by Crippen LogP contribution is 2.13. The number of hydrogen-bond donors (Lipinski definition) is 2. The van der Waals surface area contributed by atoms with Crippen molar-refractivity contribution in [2.45, 2.75) is 19.9 Å². The van der Waals surface area contributed by atoms with Gasteiger partial charge in [-0.05, 0) is 18.4 Å². The predicted octanol–water partition coefficient (Wildman–Crippen LogP) is 1.01. The van der Waals surface area contributed by atoms with E-state index in [0.29, 0.717) is 41.7 Å². The standard InChI is InChI=1S/C12H13N5O2S/c1-7-14-10(19-17-7)2-4-13-6-9-15-8-3-5-20-11(8)12(18)16-9/h3,5,13H,2,4,6H2,1H3,(H,15,16,18). The summed E-state index contributed by atoms with van der Waals surface area (Å²) in [5, 5.41) is 8.77. The average molecular weight is 291 g/mol. The molecule has 20 heavy (non-hydrogen) atoms. The van der Waals surface area contributed by atoms with Crippen molar-refractivity contribution in [2.24, 2.45) is 0 Å². The van der Waals surface area contributed by atoms with Crippen LogP contribution in [0.3, 0.4) is 0 Å². The molecule has 0 aliphatic rings. The first-order valence-electron chi connectivity index (χ1n) is 6.18. The zero-order valence-electron chi connectivity index (χ0n) is 10.8. The minimum Gasteiger partial charge on any atom is -0.339 e. The Hall–Kier alpha value is -2.06. The Labute approximate surface area is 118 Å². The third kappa shape index (κ3) is 2.75. The second kappa shape index (κ2) is 5.51. The van der Waals surface area contributed by atoms with E-state index in [1.165, 1.54) is 11.3 Å². The molecule has 3 aromatic heterocycles. The Kier molecular flexibility index (Phi) is 3.57. The van der Waals surface area contributed by atoms with Gasteiger partial charge in [0.05, 0.1) is 12.1 Å². The third-order valence-corrected chi connectivity index (χ3v) is 3.64. The van der Waals surface area contributed by atoms with Gasteiger partial charge < -0.3 is 14.8 Å². The summed E-state index contributed by atoms with van der Waals surface area (Å²) in [5.41, 5.74) is 0.650. The van der Waals surface area contributed by atoms with Crippen molar-refractivity contribution >= 4 is 21.6 Å². The summed E-state index contributed by atoms with van der Waals surface area (Å²) in [5.74, 6) is 1.86. The molecule has 3 rings (SSSR count). The molecule has 0 aliphatic heterocycles. The van der Waals surface area contributed by atoms with Gasteiger partial charge in [-0.25, -0.2) is 4.98 Å². The van der Waals surface area contributed by atoms with Crippen molar-refractivity contribution in [2.75, 3.05) is 6.54 Å². The molecule has 2 N–H and O–H groups in total. The Balaban J connectivity index is 1.58. The van der Waals surface area contributed by atoms with Crippen LogP contribution in [0.15, 0.2) is 20.8 Å². The summed E-state index contributed by atoms with van der Waals surface area (Å²) in [6.45, 7) is 2.95. The van der Waals surface area contributed by atoms with Gasteiger partial charge in [-0.15, -0.1) is 11.3 Å². The van der Waals surface area contributed by atoms with Crippen LogP contribution in [0.25, 0.3) is 10.2 Å². The molecule has 0 fully saturated rings. The fourth-order valence-corrected chi connectivity index (χ4v) is 2.57. The van der Waals surface area contributed by atoms with E-state index < -0.39 is 0 Å². The average Bonchev–Trinajstić information content (AvgIpc) is 3.04. The molecule has 0 saturated heterocycles. The van der Waals surface area contributed by atoms with E-state index in [-0.39, 0.29) is 5.56 Å². The van der Waals surface area contributed by atoms with E-state index in [2.05, 4.69) is 25.4 Å². The Morgan fingerprint density at radius 1 is 1.45 bits per heavy atom. The molecule has 0 amide bonds. The van der Waals surface area contributed by atoms with Gasteiger partial charge in [-0.2, -0.15) is 4.98 Å². The number of hydrogen-bond acceptors (Lipinski definition) is 7. The molecule has 0 aliphatic carbocycles. The minimum atomic E-state index is -0.0886. The van der Waals surface area contributed by atoms with E-state index in [9.17, 15) is 4.79 Å². The molecule has 3 aromatic rings. The molecule has 104 valence electrons. The van der Waals surface area contributed by atoms with Crippen LogP contribution in [0.4, 0.5) is 0 Å². The summed E-state index contributed by atoms with van der Waals surface area (Å²) in [6.07, 6.45) is 0.645. The van der Waals surface area contributed by atoms with Gasteiger partial charge in [0, 0.05) is 13.0 Å². The first kappa shape index (κ1) is 12.9. The lowest BCUT2D eigenvalue weighted by Crippen LogP contribution is -2.21. The second-order valence-corrected chi connectivity index (χ2v) is 5.23. The highest BCUT2D eigenvalue weighted by Gasteiger charge is 2.05. The van der Waals surface area contributed by atoms with Crippen LogP contribution >= 0.6 is 11.3 Å². The van der Waals surface area contributed by atoms with Crippen LogP contribution in [0.1, 0.15) is 17.5 Å². The topological polar surface area (TPSA) is 96.7 Å². The second-order valence-electron chi connectivity index (χ2n) is 4.31. The van der Waals surface area contributed by atoms with Gasteiger partial charge in [0.25, 0.3) is 5.56 Å². The molecule has 0 radical (unpaired) electrons. The summed E-state index contributed by atoms with van der Waals surface area (Å²) in [4.78, 5) is 23.0. The van der Waals surface area contributed by atoms with Gasteiger partial charge in [0.15, 0.2) is 5.82 Å². The zero-order chi connectivity index (χ0) is 13.9. The lowest BCUT2D eigenvalue weighted by molar-refractivity contribution is 0.372. The smallest absolute Gasteiger partial charge is 0.268 e. The van der Waals surface area contributed by atoms with Crippen LogP contribution in [-0.4, -0.2) is 26.7 Å². The van der Waals surface area contributed by atoms with Gasteiger partial charge in [0.1, 0.15) is 10.5 Å². The highest BCUT2D eigenvalue weighted by atomic mass is 32.1. The van der Waals surface area contributed by atoms with Gasteiger partial charge >= 0.3 is 0 Å². The third-order valence-electron chi connectivity index (χ3n) is 2.74. The quantitative estimate of drug-likeness (QED) is 0.681. The lowest BCUT2D eigenvalue weighted by atomic mass is 10.4. The van der Waals surface area contributed by atoms with Crippen LogP contribution in [0.2, 0.25) is 0 Å². The van der Waals surface area contributed by atoms with Crippen LogP contribution in [0, 0.1) is 6.92 Å². The lowest BCUT2D eigenvalue weighted by Gasteiger charge is -2.02. The maximum absolute atomic E-state index is 11.8. The molecule has 7 nitrogen and oxygen atoms in total. The van der Waals surface area contributed by atoms with Crippen molar-refractivity contribution in [1.29, 1.82) is 0 Å². The van der Waals surface area contributed by atoms with Gasteiger partial charge in [-0.1, -0.05) is 5.16 Å². The Bertz CT molecular complexity index is 775. The summed E-state index contributed by atoms with van der Waals surface area (Å²) < 4.78 is 5.67. The van der Waals surface area contributed by atoms with Crippen LogP contribution in [0.5, 0.6) is 0 Å². The van der Waals surface area contributed by atoms with Crippen molar-refractivity contribution < 1.29 is 4.52 Å². The van der Waals surface area contributed by atoms with Gasteiger partial charge in [-0.3, -0.25) is 4.79 Å². The van der Waals surface area contributed by atoms with E-state index in [1.807, 2.05) is 11.4 Å². The Morgan fingerprint density at radius 3 is 3.15 bits per heavy atom. The number of H-pyrrole nitrogens is 1. The van der Waals surface area contributed by atoms with Crippen LogP contribution in [-0.2, 0) is 13.0 Å². The fourth-order valence-electron chi connectivity index (χ4n) is 1.85. The van der Waals surface area contributed by atoms with Crippen molar-refractivity contribution in [3.63, 3.8) is 0 Å². The number of aromatic amines is 1. The molecule has 0 atom stereocenters. The molecule has 0 unspecified atom stereocenters.